The number of aryl methyl sites for hydroxylation is 1. The van der Waals surface area contributed by atoms with Gasteiger partial charge in [-0.3, -0.25) is 9.59 Å². The van der Waals surface area contributed by atoms with Crippen LogP contribution in [-0.2, 0) is 4.79 Å². The Bertz CT molecular complexity index is 701. The molecule has 27 heavy (non-hydrogen) atoms. The molecule has 1 fully saturated rings. The molecular formula is C19H25F3N2O3. The Kier molecular flexibility index (Phi) is 5.89. The fourth-order valence-electron chi connectivity index (χ4n) is 3.37. The third kappa shape index (κ3) is 4.26. The summed E-state index contributed by atoms with van der Waals surface area (Å²) in [5, 5.41) is 9.61. The van der Waals surface area contributed by atoms with E-state index in [4.69, 9.17) is 0 Å². The third-order valence-electron chi connectivity index (χ3n) is 5.23. The fourth-order valence-corrected chi connectivity index (χ4v) is 3.37. The molecule has 1 aromatic carbocycles. The summed E-state index contributed by atoms with van der Waals surface area (Å²) >= 11 is 0. The first-order chi connectivity index (χ1) is 12.4. The fraction of sp³-hybridized carbons (Fsp3) is 0.579. The van der Waals surface area contributed by atoms with Crippen molar-refractivity contribution in [3.05, 3.63) is 35.4 Å². The van der Waals surface area contributed by atoms with E-state index < -0.39 is 17.7 Å². The van der Waals surface area contributed by atoms with Crippen LogP contribution in [0.25, 0.3) is 0 Å². The van der Waals surface area contributed by atoms with Crippen LogP contribution < -0.4 is 0 Å². The predicted octanol–water partition coefficient (Wildman–Crippen LogP) is 2.62. The zero-order valence-electron chi connectivity index (χ0n) is 15.9. The zero-order valence-corrected chi connectivity index (χ0v) is 15.9. The van der Waals surface area contributed by atoms with Gasteiger partial charge < -0.3 is 14.9 Å². The second-order valence-corrected chi connectivity index (χ2v) is 7.44. The summed E-state index contributed by atoms with van der Waals surface area (Å²) in [6, 6.07) is 6.94. The number of hydrogen-bond acceptors (Lipinski definition) is 3. The SMILES string of the molecule is Cc1ccc(C(=O)N(C)[C@H]2CCN(C(=O)C(C)(O)C(F)(F)F)C[C@H]2C)cc1. The minimum absolute atomic E-state index is 0.0429. The van der Waals surface area contributed by atoms with Crippen LogP contribution >= 0.6 is 0 Å². The third-order valence-corrected chi connectivity index (χ3v) is 5.23. The Morgan fingerprint density at radius 1 is 1.22 bits per heavy atom. The van der Waals surface area contributed by atoms with E-state index in [-0.39, 0.29) is 31.0 Å². The maximum atomic E-state index is 12.9. The molecule has 1 aliphatic rings. The molecule has 3 atom stereocenters. The molecule has 1 aliphatic heterocycles. The molecule has 0 aromatic heterocycles. The second kappa shape index (κ2) is 7.50. The largest absolute Gasteiger partial charge is 0.426 e. The first-order valence-electron chi connectivity index (χ1n) is 8.78. The lowest BCUT2D eigenvalue weighted by Crippen LogP contribution is -2.60. The molecule has 0 saturated carbocycles. The average Bonchev–Trinajstić information content (AvgIpc) is 2.59. The normalized spacial score (nSPS) is 22.9. The van der Waals surface area contributed by atoms with Gasteiger partial charge in [0.15, 0.2) is 0 Å². The van der Waals surface area contributed by atoms with Gasteiger partial charge in [0.05, 0.1) is 0 Å². The van der Waals surface area contributed by atoms with Gasteiger partial charge in [0, 0.05) is 31.7 Å². The van der Waals surface area contributed by atoms with Gasteiger partial charge in [-0.1, -0.05) is 24.6 Å². The summed E-state index contributed by atoms with van der Waals surface area (Å²) in [7, 11) is 1.66. The van der Waals surface area contributed by atoms with Crippen molar-refractivity contribution in [3.8, 4) is 0 Å². The number of aliphatic hydroxyl groups is 1. The van der Waals surface area contributed by atoms with Gasteiger partial charge in [0.2, 0.25) is 5.60 Å². The Balaban J connectivity index is 2.07. The monoisotopic (exact) mass is 386 g/mol. The lowest BCUT2D eigenvalue weighted by molar-refractivity contribution is -0.251. The number of halogens is 3. The van der Waals surface area contributed by atoms with Crippen LogP contribution in [0.4, 0.5) is 13.2 Å². The summed E-state index contributed by atoms with van der Waals surface area (Å²) in [4.78, 5) is 27.4. The molecule has 1 saturated heterocycles. The molecule has 5 nitrogen and oxygen atoms in total. The molecule has 2 rings (SSSR count). The molecule has 0 aliphatic carbocycles. The number of carbonyl (C=O) groups excluding carboxylic acids is 2. The van der Waals surface area contributed by atoms with Crippen molar-refractivity contribution >= 4 is 11.8 Å². The molecule has 0 bridgehead atoms. The van der Waals surface area contributed by atoms with Crippen LogP contribution in [0.2, 0.25) is 0 Å². The van der Waals surface area contributed by atoms with E-state index in [2.05, 4.69) is 0 Å². The summed E-state index contributed by atoms with van der Waals surface area (Å²) in [6.07, 6.45) is -4.70. The number of benzene rings is 1. The molecule has 1 heterocycles. The average molecular weight is 386 g/mol. The Morgan fingerprint density at radius 2 is 1.78 bits per heavy atom. The number of likely N-dealkylation sites (tertiary alicyclic amines) is 1. The highest BCUT2D eigenvalue weighted by atomic mass is 19.4. The minimum Gasteiger partial charge on any atom is -0.373 e. The molecule has 1 aromatic rings. The van der Waals surface area contributed by atoms with E-state index in [1.54, 1.807) is 31.0 Å². The van der Waals surface area contributed by atoms with Crippen LogP contribution in [0.3, 0.4) is 0 Å². The van der Waals surface area contributed by atoms with Crippen molar-refractivity contribution in [3.63, 3.8) is 0 Å². The maximum Gasteiger partial charge on any atom is 0.426 e. The lowest BCUT2D eigenvalue weighted by Gasteiger charge is -2.43. The van der Waals surface area contributed by atoms with Crippen LogP contribution in [0.5, 0.6) is 0 Å². The standard InChI is InChI=1S/C19H25F3N2O3/c1-12-5-7-14(8-6-12)16(25)23(4)15-9-10-24(11-13(15)2)17(26)18(3,27)19(20,21)22/h5-8,13,15,27H,9-11H2,1-4H3/t13-,15+,18?/m1/s1. The maximum absolute atomic E-state index is 12.9. The molecule has 2 amide bonds. The van der Waals surface area contributed by atoms with Crippen molar-refractivity contribution in [2.24, 2.45) is 5.92 Å². The smallest absolute Gasteiger partial charge is 0.373 e. The summed E-state index contributed by atoms with van der Waals surface area (Å²) in [6.45, 7) is 4.26. The Morgan fingerprint density at radius 3 is 2.26 bits per heavy atom. The van der Waals surface area contributed by atoms with E-state index in [9.17, 15) is 27.9 Å². The molecular weight excluding hydrogens is 361 g/mol. The second-order valence-electron chi connectivity index (χ2n) is 7.44. The van der Waals surface area contributed by atoms with Gasteiger partial charge in [-0.05, 0) is 38.3 Å². The summed E-state index contributed by atoms with van der Waals surface area (Å²) in [5.74, 6) is -1.76. The molecule has 1 N–H and O–H groups in total. The highest BCUT2D eigenvalue weighted by molar-refractivity contribution is 5.94. The van der Waals surface area contributed by atoms with Crippen LogP contribution in [0.15, 0.2) is 24.3 Å². The molecule has 8 heteroatoms. The van der Waals surface area contributed by atoms with E-state index in [0.29, 0.717) is 18.9 Å². The first kappa shape index (κ1) is 21.2. The van der Waals surface area contributed by atoms with Gasteiger partial charge in [-0.25, -0.2) is 0 Å². The van der Waals surface area contributed by atoms with Crippen molar-refractivity contribution in [1.29, 1.82) is 0 Å². The highest BCUT2D eigenvalue weighted by Crippen LogP contribution is 2.33. The van der Waals surface area contributed by atoms with Crippen molar-refractivity contribution in [2.75, 3.05) is 20.1 Å². The molecule has 0 radical (unpaired) electrons. The van der Waals surface area contributed by atoms with Gasteiger partial charge in [0.1, 0.15) is 0 Å². The van der Waals surface area contributed by atoms with Crippen LogP contribution in [-0.4, -0.2) is 64.7 Å². The number of rotatable bonds is 3. The number of piperidine rings is 1. The quantitative estimate of drug-likeness (QED) is 0.869. The Hall–Kier alpha value is -2.09. The predicted molar refractivity (Wildman–Crippen MR) is 94.1 cm³/mol. The molecule has 0 spiro atoms. The number of nitrogens with zero attached hydrogens (tertiary/aromatic N) is 2. The highest BCUT2D eigenvalue weighted by Gasteiger charge is 2.57. The van der Waals surface area contributed by atoms with Gasteiger partial charge in [-0.2, -0.15) is 13.2 Å². The molecule has 1 unspecified atom stereocenters. The van der Waals surface area contributed by atoms with Crippen molar-refractivity contribution in [1.82, 2.24) is 9.80 Å². The van der Waals surface area contributed by atoms with Gasteiger partial charge in [0.25, 0.3) is 11.8 Å². The number of carbonyl (C=O) groups is 2. The minimum atomic E-state index is -5.04. The van der Waals surface area contributed by atoms with E-state index in [1.165, 1.54) is 0 Å². The van der Waals surface area contributed by atoms with E-state index >= 15 is 0 Å². The summed E-state index contributed by atoms with van der Waals surface area (Å²) in [5.41, 5.74) is -1.84. The first-order valence-corrected chi connectivity index (χ1v) is 8.78. The lowest BCUT2D eigenvalue weighted by atomic mass is 9.90. The zero-order chi connectivity index (χ0) is 20.6. The topological polar surface area (TPSA) is 60.9 Å². The van der Waals surface area contributed by atoms with Gasteiger partial charge in [-0.15, -0.1) is 0 Å². The van der Waals surface area contributed by atoms with Crippen molar-refractivity contribution < 1.29 is 27.9 Å². The number of alkyl halides is 3. The van der Waals surface area contributed by atoms with Gasteiger partial charge >= 0.3 is 6.18 Å². The van der Waals surface area contributed by atoms with Crippen molar-refractivity contribution in [2.45, 2.75) is 45.0 Å². The van der Waals surface area contributed by atoms with E-state index in [1.807, 2.05) is 19.1 Å². The van der Waals surface area contributed by atoms with Crippen LogP contribution in [0, 0.1) is 12.8 Å². The van der Waals surface area contributed by atoms with E-state index in [0.717, 1.165) is 10.5 Å². The number of amides is 2. The van der Waals surface area contributed by atoms with Crippen LogP contribution in [0.1, 0.15) is 36.2 Å². The summed E-state index contributed by atoms with van der Waals surface area (Å²) < 4.78 is 38.7. The molecule has 150 valence electrons. The Labute approximate surface area is 156 Å². The number of hydrogen-bond donors (Lipinski definition) is 1.